The minimum atomic E-state index is -0.451. The van der Waals surface area contributed by atoms with Gasteiger partial charge in [-0.2, -0.15) is 0 Å². The van der Waals surface area contributed by atoms with Crippen molar-refractivity contribution >= 4 is 0 Å². The lowest BCUT2D eigenvalue weighted by Gasteiger charge is -2.32. The first-order valence-electron chi connectivity index (χ1n) is 2.60. The predicted molar refractivity (Wildman–Crippen MR) is 28.9 cm³/mol. The van der Waals surface area contributed by atoms with E-state index in [1.807, 2.05) is 20.8 Å². The van der Waals surface area contributed by atoms with Crippen molar-refractivity contribution in [3.63, 3.8) is 0 Å². The fourth-order valence-corrected chi connectivity index (χ4v) is 0. The van der Waals surface area contributed by atoms with Crippen LogP contribution in [0.3, 0.4) is 0 Å². The van der Waals surface area contributed by atoms with Crippen LogP contribution in [-0.4, -0.2) is 6.10 Å². The smallest absolute Gasteiger partial charge is 0.0510 e. The molecule has 0 radical (unpaired) electrons. The number of hydrogen-bond donors (Lipinski definition) is 0. The molecule has 0 amide bonds. The standard InChI is InChI=1S/C6H13O/c1-5(7)6(2,3)4/h5H,1-4H3/q-1. The molecule has 0 aliphatic carbocycles. The van der Waals surface area contributed by atoms with Gasteiger partial charge in [-0.05, 0) is 0 Å². The molecule has 0 aromatic heterocycles. The summed E-state index contributed by atoms with van der Waals surface area (Å²) in [6.45, 7) is 7.54. The molecule has 0 N–H and O–H groups in total. The van der Waals surface area contributed by atoms with Crippen molar-refractivity contribution in [3.05, 3.63) is 0 Å². The molecule has 0 fully saturated rings. The van der Waals surface area contributed by atoms with Gasteiger partial charge in [0.05, 0.1) is 0 Å². The van der Waals surface area contributed by atoms with Crippen LogP contribution in [0.2, 0.25) is 0 Å². The highest BCUT2D eigenvalue weighted by atomic mass is 16.3. The van der Waals surface area contributed by atoms with E-state index >= 15 is 0 Å². The molecule has 44 valence electrons. The monoisotopic (exact) mass is 101 g/mol. The van der Waals surface area contributed by atoms with Gasteiger partial charge in [-0.1, -0.05) is 33.1 Å². The second-order valence-electron chi connectivity index (χ2n) is 3.01. The van der Waals surface area contributed by atoms with Crippen molar-refractivity contribution in [1.82, 2.24) is 0 Å². The van der Waals surface area contributed by atoms with Gasteiger partial charge in [-0.3, -0.25) is 0 Å². The van der Waals surface area contributed by atoms with E-state index in [1.54, 1.807) is 6.92 Å². The van der Waals surface area contributed by atoms with E-state index in [4.69, 9.17) is 0 Å². The molecule has 0 aromatic rings. The van der Waals surface area contributed by atoms with Crippen LogP contribution in [0.15, 0.2) is 0 Å². The van der Waals surface area contributed by atoms with Gasteiger partial charge < -0.3 is 5.11 Å². The Morgan fingerprint density at radius 1 is 1.29 bits per heavy atom. The molecule has 0 aliphatic heterocycles. The molecule has 0 saturated heterocycles. The molecular formula is C6H13O-. The summed E-state index contributed by atoms with van der Waals surface area (Å²) in [5.41, 5.74) is -0.0556. The molecule has 1 atom stereocenters. The molecule has 1 nitrogen and oxygen atoms in total. The molecule has 7 heavy (non-hydrogen) atoms. The lowest BCUT2D eigenvalue weighted by molar-refractivity contribution is -0.437. The van der Waals surface area contributed by atoms with Gasteiger partial charge in [0.2, 0.25) is 0 Å². The van der Waals surface area contributed by atoms with E-state index in [9.17, 15) is 5.11 Å². The largest absolute Gasteiger partial charge is 0.852 e. The average Bonchev–Trinajstić information content (AvgIpc) is 1.31. The van der Waals surface area contributed by atoms with Crippen LogP contribution >= 0.6 is 0 Å². The summed E-state index contributed by atoms with van der Waals surface area (Å²) in [6.07, 6.45) is -0.451. The van der Waals surface area contributed by atoms with Gasteiger partial charge in [0, 0.05) is 0 Å². The molecule has 0 aromatic carbocycles. The summed E-state index contributed by atoms with van der Waals surface area (Å²) in [5.74, 6) is 0. The molecule has 0 bridgehead atoms. The highest BCUT2D eigenvalue weighted by molar-refractivity contribution is 4.65. The van der Waals surface area contributed by atoms with Crippen molar-refractivity contribution in [2.75, 3.05) is 0 Å². The molecule has 0 rings (SSSR count). The lowest BCUT2D eigenvalue weighted by Crippen LogP contribution is -2.35. The first kappa shape index (κ1) is 6.96. The lowest BCUT2D eigenvalue weighted by atomic mass is 9.91. The van der Waals surface area contributed by atoms with Crippen molar-refractivity contribution < 1.29 is 5.11 Å². The van der Waals surface area contributed by atoms with Crippen LogP contribution < -0.4 is 5.11 Å². The van der Waals surface area contributed by atoms with Crippen LogP contribution in [-0.2, 0) is 0 Å². The Bertz CT molecular complexity index is 49.7. The van der Waals surface area contributed by atoms with Crippen LogP contribution in [0.4, 0.5) is 0 Å². The Morgan fingerprint density at radius 2 is 1.43 bits per heavy atom. The van der Waals surface area contributed by atoms with E-state index < -0.39 is 6.10 Å². The van der Waals surface area contributed by atoms with Gasteiger partial charge in [0.15, 0.2) is 0 Å². The minimum Gasteiger partial charge on any atom is -0.852 e. The van der Waals surface area contributed by atoms with Crippen molar-refractivity contribution in [2.24, 2.45) is 5.41 Å². The van der Waals surface area contributed by atoms with Crippen LogP contribution in [0.1, 0.15) is 27.7 Å². The maximum Gasteiger partial charge on any atom is -0.0510 e. The summed E-state index contributed by atoms with van der Waals surface area (Å²) >= 11 is 0. The third-order valence-corrected chi connectivity index (χ3v) is 1.22. The van der Waals surface area contributed by atoms with Crippen molar-refractivity contribution in [3.8, 4) is 0 Å². The molecule has 0 heterocycles. The molecular weight excluding hydrogens is 88.1 g/mol. The summed E-state index contributed by atoms with van der Waals surface area (Å²) < 4.78 is 0. The first-order chi connectivity index (χ1) is 2.94. The predicted octanol–water partition coefficient (Wildman–Crippen LogP) is 0.781. The van der Waals surface area contributed by atoms with Crippen LogP contribution in [0.25, 0.3) is 0 Å². The van der Waals surface area contributed by atoms with Gasteiger partial charge in [-0.25, -0.2) is 0 Å². The third kappa shape index (κ3) is 2.63. The fourth-order valence-electron chi connectivity index (χ4n) is 0. The Labute approximate surface area is 45.4 Å². The van der Waals surface area contributed by atoms with E-state index in [0.717, 1.165) is 0 Å². The third-order valence-electron chi connectivity index (χ3n) is 1.22. The van der Waals surface area contributed by atoms with Gasteiger partial charge >= 0.3 is 0 Å². The molecule has 1 unspecified atom stereocenters. The Kier molecular flexibility index (Phi) is 1.82. The quantitative estimate of drug-likeness (QED) is 0.442. The normalized spacial score (nSPS) is 16.7. The van der Waals surface area contributed by atoms with Crippen LogP contribution in [0.5, 0.6) is 0 Å². The zero-order valence-electron chi connectivity index (χ0n) is 5.49. The minimum absolute atomic E-state index is 0.0556. The van der Waals surface area contributed by atoms with Crippen molar-refractivity contribution in [1.29, 1.82) is 0 Å². The maximum absolute atomic E-state index is 10.5. The highest BCUT2D eigenvalue weighted by Crippen LogP contribution is 2.15. The second-order valence-corrected chi connectivity index (χ2v) is 3.01. The van der Waals surface area contributed by atoms with Gasteiger partial charge in [-0.15, -0.1) is 6.10 Å². The zero-order valence-corrected chi connectivity index (χ0v) is 5.49. The summed E-state index contributed by atoms with van der Waals surface area (Å²) in [4.78, 5) is 0. The fraction of sp³-hybridized carbons (Fsp3) is 1.00. The zero-order chi connectivity index (χ0) is 6.08. The maximum atomic E-state index is 10.5. The van der Waals surface area contributed by atoms with Crippen LogP contribution in [0, 0.1) is 5.41 Å². The second kappa shape index (κ2) is 1.83. The Balaban J connectivity index is 3.54. The molecule has 0 aliphatic rings. The van der Waals surface area contributed by atoms with E-state index in [-0.39, 0.29) is 5.41 Å². The summed E-state index contributed by atoms with van der Waals surface area (Å²) in [7, 11) is 0. The Hall–Kier alpha value is -0.0400. The summed E-state index contributed by atoms with van der Waals surface area (Å²) in [5, 5.41) is 10.5. The molecule has 0 spiro atoms. The van der Waals surface area contributed by atoms with E-state index in [1.165, 1.54) is 0 Å². The van der Waals surface area contributed by atoms with E-state index in [0.29, 0.717) is 0 Å². The highest BCUT2D eigenvalue weighted by Gasteiger charge is 2.08. The molecule has 0 saturated carbocycles. The topological polar surface area (TPSA) is 23.1 Å². The van der Waals surface area contributed by atoms with Gasteiger partial charge in [0.1, 0.15) is 0 Å². The average molecular weight is 101 g/mol. The van der Waals surface area contributed by atoms with Gasteiger partial charge in [0.25, 0.3) is 0 Å². The number of hydrogen-bond acceptors (Lipinski definition) is 1. The Morgan fingerprint density at radius 3 is 1.43 bits per heavy atom. The van der Waals surface area contributed by atoms with E-state index in [2.05, 4.69) is 0 Å². The van der Waals surface area contributed by atoms with Crippen molar-refractivity contribution in [2.45, 2.75) is 33.8 Å². The summed E-state index contributed by atoms with van der Waals surface area (Å²) in [6, 6.07) is 0. The SMILES string of the molecule is CC([O-])C(C)(C)C. The molecule has 1 heteroatoms. The first-order valence-corrected chi connectivity index (χ1v) is 2.60. The number of rotatable bonds is 0.